The molecule has 0 N–H and O–H groups in total. The summed E-state index contributed by atoms with van der Waals surface area (Å²) in [6.45, 7) is 0. The van der Waals surface area contributed by atoms with Gasteiger partial charge in [-0.3, -0.25) is 4.79 Å². The van der Waals surface area contributed by atoms with Crippen LogP contribution in [-0.4, -0.2) is 0 Å². The van der Waals surface area contributed by atoms with E-state index in [-0.39, 0.29) is 5.43 Å². The molecule has 0 saturated heterocycles. The van der Waals surface area contributed by atoms with Crippen molar-refractivity contribution < 1.29 is 4.42 Å². The maximum Gasteiger partial charge on any atom is 0.196 e. The first-order valence-corrected chi connectivity index (χ1v) is 6.86. The summed E-state index contributed by atoms with van der Waals surface area (Å²) in [7, 11) is 0. The van der Waals surface area contributed by atoms with Crippen LogP contribution < -0.4 is 5.43 Å². The number of benzene rings is 2. The maximum absolute atomic E-state index is 12.3. The summed E-state index contributed by atoms with van der Waals surface area (Å²) in [5, 5.41) is 1.00. The van der Waals surface area contributed by atoms with Crippen LogP contribution in [0.2, 0.25) is 5.02 Å². The molecule has 0 spiro atoms. The third-order valence-corrected chi connectivity index (χ3v) is 3.33. The molecular weight excluding hydrogens is 284 g/mol. The van der Waals surface area contributed by atoms with E-state index in [0.717, 1.165) is 5.56 Å². The van der Waals surface area contributed by atoms with Gasteiger partial charge in [0.05, 0.1) is 11.6 Å². The molecule has 0 atom stereocenters. The zero-order valence-electron chi connectivity index (χ0n) is 11.1. The van der Waals surface area contributed by atoms with Gasteiger partial charge in [-0.2, -0.15) is 0 Å². The first-order chi connectivity index (χ1) is 10.2. The Balaban J connectivity index is 1.94. The van der Waals surface area contributed by atoms with Gasteiger partial charge in [0.25, 0.3) is 0 Å². The lowest BCUT2D eigenvalue weighted by Crippen LogP contribution is -2.07. The van der Waals surface area contributed by atoms with Crippen molar-refractivity contribution in [3.05, 3.63) is 81.2 Å². The molecule has 3 aromatic rings. The van der Waals surface area contributed by atoms with Crippen molar-refractivity contribution in [2.45, 2.75) is 6.42 Å². The van der Waals surface area contributed by atoms with Gasteiger partial charge in [0.2, 0.25) is 0 Å². The van der Waals surface area contributed by atoms with Gasteiger partial charge in [-0.15, -0.1) is 0 Å². The zero-order chi connectivity index (χ0) is 14.7. The fourth-order valence-corrected chi connectivity index (χ4v) is 2.20. The number of hydrogen-bond acceptors (Lipinski definition) is 2. The average Bonchev–Trinajstić information content (AvgIpc) is 2.51. The number of hydrogen-bond donors (Lipinski definition) is 0. The van der Waals surface area contributed by atoms with Crippen LogP contribution in [-0.2, 0) is 6.42 Å². The fourth-order valence-electron chi connectivity index (χ4n) is 2.03. The Morgan fingerprint density at radius 1 is 1.10 bits per heavy atom. The molecule has 0 bridgehead atoms. The lowest BCUT2D eigenvalue weighted by atomic mass is 10.1. The normalized spacial score (nSPS) is 10.1. The van der Waals surface area contributed by atoms with Gasteiger partial charge in [-0.25, -0.2) is 0 Å². The molecule has 0 unspecified atom stereocenters. The second-order valence-electron chi connectivity index (χ2n) is 4.58. The highest BCUT2D eigenvalue weighted by Gasteiger charge is 2.06. The molecule has 0 aliphatic heterocycles. The maximum atomic E-state index is 12.3. The second-order valence-corrected chi connectivity index (χ2v) is 5.01. The van der Waals surface area contributed by atoms with Crippen molar-refractivity contribution in [1.29, 1.82) is 0 Å². The minimum absolute atomic E-state index is 0.0823. The summed E-state index contributed by atoms with van der Waals surface area (Å²) < 4.78 is 5.45. The predicted molar refractivity (Wildman–Crippen MR) is 84.5 cm³/mol. The van der Waals surface area contributed by atoms with Crippen LogP contribution in [0, 0.1) is 11.8 Å². The molecule has 102 valence electrons. The number of rotatable bonds is 1. The van der Waals surface area contributed by atoms with Crippen molar-refractivity contribution in [3.8, 4) is 11.8 Å². The Bertz CT molecular complexity index is 899. The van der Waals surface area contributed by atoms with E-state index in [2.05, 4.69) is 11.8 Å². The summed E-state index contributed by atoms with van der Waals surface area (Å²) in [5.74, 6) is 6.02. The monoisotopic (exact) mass is 294 g/mol. The molecule has 0 aliphatic rings. The van der Waals surface area contributed by atoms with Gasteiger partial charge in [0, 0.05) is 22.6 Å². The number of fused-ring (bicyclic) bond motifs is 1. The third-order valence-electron chi connectivity index (χ3n) is 3.09. The Morgan fingerprint density at radius 3 is 2.71 bits per heavy atom. The minimum Gasteiger partial charge on any atom is -0.464 e. The van der Waals surface area contributed by atoms with Crippen LogP contribution in [0.15, 0.2) is 64.0 Å². The van der Waals surface area contributed by atoms with Crippen molar-refractivity contribution in [3.63, 3.8) is 0 Å². The Labute approximate surface area is 127 Å². The lowest BCUT2D eigenvalue weighted by molar-refractivity contribution is 0.595. The third kappa shape index (κ3) is 2.99. The second kappa shape index (κ2) is 5.87. The summed E-state index contributed by atoms with van der Waals surface area (Å²) >= 11 is 5.92. The highest BCUT2D eigenvalue weighted by atomic mass is 35.5. The molecule has 3 rings (SSSR count). The summed E-state index contributed by atoms with van der Waals surface area (Å²) in [6.07, 6.45) is 1.82. The van der Waals surface area contributed by atoms with E-state index < -0.39 is 0 Å². The van der Waals surface area contributed by atoms with Crippen molar-refractivity contribution in [1.82, 2.24) is 0 Å². The standard InChI is InChI=1S/C18H11ClO2/c19-15-9-10-17-16(11-15)18(20)14(12-21-17)8-4-7-13-5-2-1-3-6-13/h1-3,5-6,9-12H,8H2. The van der Waals surface area contributed by atoms with Crippen molar-refractivity contribution in [2.75, 3.05) is 0 Å². The van der Waals surface area contributed by atoms with Gasteiger partial charge in [0.15, 0.2) is 5.43 Å². The summed E-state index contributed by atoms with van der Waals surface area (Å²) in [6, 6.07) is 14.7. The fraction of sp³-hybridized carbons (Fsp3) is 0.0556. The van der Waals surface area contributed by atoms with Crippen molar-refractivity contribution >= 4 is 22.6 Å². The minimum atomic E-state index is -0.0823. The Morgan fingerprint density at radius 2 is 1.90 bits per heavy atom. The lowest BCUT2D eigenvalue weighted by Gasteiger charge is -1.99. The molecule has 2 nitrogen and oxygen atoms in total. The van der Waals surface area contributed by atoms with Crippen molar-refractivity contribution in [2.24, 2.45) is 0 Å². The topological polar surface area (TPSA) is 30.2 Å². The van der Waals surface area contributed by atoms with Crippen LogP contribution in [0.4, 0.5) is 0 Å². The van der Waals surface area contributed by atoms with Gasteiger partial charge in [0.1, 0.15) is 5.58 Å². The van der Waals surface area contributed by atoms with Gasteiger partial charge < -0.3 is 4.42 Å². The number of halogens is 1. The Kier molecular flexibility index (Phi) is 3.77. The van der Waals surface area contributed by atoms with E-state index in [1.807, 2.05) is 30.3 Å². The predicted octanol–water partition coefficient (Wildman–Crippen LogP) is 4.04. The molecule has 1 heterocycles. The van der Waals surface area contributed by atoms with Crippen LogP contribution in [0.3, 0.4) is 0 Å². The molecule has 0 saturated carbocycles. The summed E-state index contributed by atoms with van der Waals surface area (Å²) in [4.78, 5) is 12.3. The van der Waals surface area contributed by atoms with E-state index in [4.69, 9.17) is 16.0 Å². The molecule has 0 aliphatic carbocycles. The Hall–Kier alpha value is -2.50. The highest BCUT2D eigenvalue weighted by Crippen LogP contribution is 2.17. The highest BCUT2D eigenvalue weighted by molar-refractivity contribution is 6.31. The molecule has 0 radical (unpaired) electrons. The van der Waals surface area contributed by atoms with Crippen LogP contribution in [0.1, 0.15) is 11.1 Å². The molecule has 2 aromatic carbocycles. The van der Waals surface area contributed by atoms with Crippen LogP contribution in [0.25, 0.3) is 11.0 Å². The van der Waals surface area contributed by atoms with Gasteiger partial charge in [-0.05, 0) is 30.3 Å². The smallest absolute Gasteiger partial charge is 0.196 e. The van der Waals surface area contributed by atoms with E-state index in [9.17, 15) is 4.79 Å². The van der Waals surface area contributed by atoms with E-state index in [1.165, 1.54) is 6.26 Å². The molecule has 1 aromatic heterocycles. The molecule has 21 heavy (non-hydrogen) atoms. The van der Waals surface area contributed by atoms with Gasteiger partial charge >= 0.3 is 0 Å². The largest absolute Gasteiger partial charge is 0.464 e. The average molecular weight is 295 g/mol. The zero-order valence-corrected chi connectivity index (χ0v) is 11.9. The molecule has 0 fully saturated rings. The molecule has 3 heteroatoms. The first kappa shape index (κ1) is 13.5. The van der Waals surface area contributed by atoms with Crippen LogP contribution >= 0.6 is 11.6 Å². The first-order valence-electron chi connectivity index (χ1n) is 6.48. The summed E-state index contributed by atoms with van der Waals surface area (Å²) in [5.41, 5.74) is 1.91. The molecular formula is C18H11ClO2. The SMILES string of the molecule is O=c1c(CC#Cc2ccccc2)coc2ccc(Cl)cc12. The van der Waals surface area contributed by atoms with Crippen LogP contribution in [0.5, 0.6) is 0 Å². The van der Waals surface area contributed by atoms with E-state index >= 15 is 0 Å². The van der Waals surface area contributed by atoms with E-state index in [1.54, 1.807) is 18.2 Å². The van der Waals surface area contributed by atoms with Gasteiger partial charge in [-0.1, -0.05) is 41.6 Å². The molecule has 0 amide bonds. The quantitative estimate of drug-likeness (QED) is 0.634. The van der Waals surface area contributed by atoms with E-state index in [0.29, 0.717) is 28.0 Å².